The Bertz CT molecular complexity index is 1370. The van der Waals surface area contributed by atoms with Crippen LogP contribution in [0, 0.1) is 0 Å². The lowest BCUT2D eigenvalue weighted by Gasteiger charge is -2.26. The van der Waals surface area contributed by atoms with Crippen molar-refractivity contribution in [2.45, 2.75) is 76.1 Å². The molecule has 2 fully saturated rings. The van der Waals surface area contributed by atoms with Crippen LogP contribution in [0.4, 0.5) is 11.8 Å². The van der Waals surface area contributed by atoms with E-state index >= 15 is 0 Å². The number of nitrogens with zero attached hydrogens (tertiary/aromatic N) is 4. The van der Waals surface area contributed by atoms with Gasteiger partial charge in [-0.15, -0.1) is 0 Å². The average molecular weight is 513 g/mol. The maximum atomic E-state index is 9.91. The molecule has 4 aromatic rings. The van der Waals surface area contributed by atoms with Crippen LogP contribution in [0.5, 0.6) is 5.75 Å². The van der Waals surface area contributed by atoms with Crippen molar-refractivity contribution >= 4 is 22.9 Å². The van der Waals surface area contributed by atoms with Gasteiger partial charge in [0.05, 0.1) is 19.5 Å². The summed E-state index contributed by atoms with van der Waals surface area (Å²) in [7, 11) is 1.70. The predicted octanol–water partition coefficient (Wildman–Crippen LogP) is 5.94. The summed E-state index contributed by atoms with van der Waals surface area (Å²) < 4.78 is 7.78. The van der Waals surface area contributed by atoms with Crippen molar-refractivity contribution in [2.75, 3.05) is 17.7 Å². The molecular formula is C30H36N6O2. The van der Waals surface area contributed by atoms with E-state index in [1.165, 1.54) is 25.7 Å². The fourth-order valence-electron chi connectivity index (χ4n) is 5.83. The second-order valence-corrected chi connectivity index (χ2v) is 10.6. The second kappa shape index (κ2) is 11.0. The highest BCUT2D eigenvalue weighted by Gasteiger charge is 2.24. The van der Waals surface area contributed by atoms with Gasteiger partial charge in [0.1, 0.15) is 5.75 Å². The largest absolute Gasteiger partial charge is 0.496 e. The molecular weight excluding hydrogens is 476 g/mol. The lowest BCUT2D eigenvalue weighted by atomic mass is 9.93. The number of nitrogens with one attached hydrogen (secondary N) is 2. The van der Waals surface area contributed by atoms with Gasteiger partial charge in [0.25, 0.3) is 0 Å². The Hall–Kier alpha value is -3.65. The number of rotatable bonds is 8. The summed E-state index contributed by atoms with van der Waals surface area (Å²) in [6.45, 7) is 0.629. The van der Waals surface area contributed by atoms with Crippen molar-refractivity contribution < 1.29 is 9.84 Å². The number of methoxy groups -OCH3 is 1. The van der Waals surface area contributed by atoms with E-state index in [2.05, 4.69) is 45.5 Å². The van der Waals surface area contributed by atoms with Crippen molar-refractivity contribution in [1.82, 2.24) is 19.5 Å². The Kier molecular flexibility index (Phi) is 7.14. The standard InChI is InChI=1S/C30H36N6O2/c1-38-26-9-5-4-8-25(26)21-12-10-20(11-13-21)18-31-28-27-29(36(19-32-27)23-6-2-3-7-23)35-30(34-28)33-22-14-16-24(37)17-15-22/h4-5,8-13,19,22-24,37H,2-3,6-7,14-18H2,1H3,(H2,31,33,34,35). The number of para-hydroxylation sites is 1. The maximum Gasteiger partial charge on any atom is 0.227 e. The molecule has 2 aliphatic rings. The minimum atomic E-state index is -0.188. The minimum Gasteiger partial charge on any atom is -0.496 e. The van der Waals surface area contributed by atoms with Crippen LogP contribution < -0.4 is 15.4 Å². The molecule has 0 unspecified atom stereocenters. The fourth-order valence-corrected chi connectivity index (χ4v) is 5.83. The van der Waals surface area contributed by atoms with Gasteiger partial charge in [-0.25, -0.2) is 4.98 Å². The number of hydrogen-bond acceptors (Lipinski definition) is 7. The third-order valence-electron chi connectivity index (χ3n) is 8.00. The van der Waals surface area contributed by atoms with Crippen LogP contribution in [0.15, 0.2) is 54.9 Å². The first-order valence-corrected chi connectivity index (χ1v) is 13.8. The molecule has 2 saturated carbocycles. The van der Waals surface area contributed by atoms with Gasteiger partial charge in [-0.3, -0.25) is 0 Å². The van der Waals surface area contributed by atoms with Crippen molar-refractivity contribution in [1.29, 1.82) is 0 Å². The van der Waals surface area contributed by atoms with Crippen LogP contribution in [0.25, 0.3) is 22.3 Å². The third-order valence-corrected chi connectivity index (χ3v) is 8.00. The summed E-state index contributed by atoms with van der Waals surface area (Å²) in [5, 5.41) is 17.0. The molecule has 8 nitrogen and oxygen atoms in total. The van der Waals surface area contributed by atoms with Crippen molar-refractivity contribution in [3.8, 4) is 16.9 Å². The molecule has 198 valence electrons. The molecule has 0 amide bonds. The number of imidazole rings is 1. The van der Waals surface area contributed by atoms with Gasteiger partial charge < -0.3 is 25.0 Å². The highest BCUT2D eigenvalue weighted by atomic mass is 16.5. The Labute approximate surface area is 223 Å². The normalized spacial score (nSPS) is 20.1. The molecule has 2 aromatic carbocycles. The topological polar surface area (TPSA) is 97.1 Å². The van der Waals surface area contributed by atoms with Gasteiger partial charge in [-0.2, -0.15) is 9.97 Å². The van der Waals surface area contributed by atoms with Crippen LogP contribution in [-0.4, -0.2) is 43.9 Å². The zero-order valence-electron chi connectivity index (χ0n) is 21.9. The highest BCUT2D eigenvalue weighted by Crippen LogP contribution is 2.34. The summed E-state index contributed by atoms with van der Waals surface area (Å²) in [6.07, 6.45) is 10.1. The molecule has 0 bridgehead atoms. The van der Waals surface area contributed by atoms with Gasteiger partial charge >= 0.3 is 0 Å². The zero-order valence-corrected chi connectivity index (χ0v) is 21.9. The zero-order chi connectivity index (χ0) is 25.9. The van der Waals surface area contributed by atoms with E-state index in [9.17, 15) is 5.11 Å². The Morgan fingerprint density at radius 1 is 0.947 bits per heavy atom. The van der Waals surface area contributed by atoms with Crippen molar-refractivity contribution in [3.05, 3.63) is 60.4 Å². The Morgan fingerprint density at radius 2 is 1.71 bits per heavy atom. The van der Waals surface area contributed by atoms with Gasteiger partial charge in [0.15, 0.2) is 17.0 Å². The molecule has 2 aromatic heterocycles. The van der Waals surface area contributed by atoms with Gasteiger partial charge in [0, 0.05) is 24.2 Å². The molecule has 0 saturated heterocycles. The lowest BCUT2D eigenvalue weighted by Crippen LogP contribution is -2.29. The van der Waals surface area contributed by atoms with E-state index in [1.807, 2.05) is 24.5 Å². The molecule has 2 heterocycles. The monoisotopic (exact) mass is 512 g/mol. The number of anilines is 2. The number of aliphatic hydroxyl groups excluding tert-OH is 1. The minimum absolute atomic E-state index is 0.188. The molecule has 0 aliphatic heterocycles. The summed E-state index contributed by atoms with van der Waals surface area (Å²) in [6, 6.07) is 17.3. The Morgan fingerprint density at radius 3 is 2.47 bits per heavy atom. The van der Waals surface area contributed by atoms with Gasteiger partial charge in [0.2, 0.25) is 5.95 Å². The lowest BCUT2D eigenvalue weighted by molar-refractivity contribution is 0.126. The van der Waals surface area contributed by atoms with Gasteiger partial charge in [-0.1, -0.05) is 55.3 Å². The van der Waals surface area contributed by atoms with Crippen molar-refractivity contribution in [2.24, 2.45) is 0 Å². The number of fused-ring (bicyclic) bond motifs is 1. The summed E-state index contributed by atoms with van der Waals surface area (Å²) in [4.78, 5) is 14.5. The number of ether oxygens (including phenoxy) is 1. The summed E-state index contributed by atoms with van der Waals surface area (Å²) in [5.41, 5.74) is 5.05. The summed E-state index contributed by atoms with van der Waals surface area (Å²) >= 11 is 0. The van der Waals surface area contributed by atoms with E-state index in [-0.39, 0.29) is 12.1 Å². The first-order chi connectivity index (χ1) is 18.7. The van der Waals surface area contributed by atoms with Crippen molar-refractivity contribution in [3.63, 3.8) is 0 Å². The first kappa shape index (κ1) is 24.7. The van der Waals surface area contributed by atoms with E-state index in [0.717, 1.165) is 65.1 Å². The third kappa shape index (κ3) is 5.18. The number of benzene rings is 2. The Balaban J connectivity index is 1.24. The molecule has 0 atom stereocenters. The highest BCUT2D eigenvalue weighted by molar-refractivity contribution is 5.84. The molecule has 2 aliphatic carbocycles. The van der Waals surface area contributed by atoms with Crippen LogP contribution in [0.2, 0.25) is 0 Å². The quantitative estimate of drug-likeness (QED) is 0.269. The van der Waals surface area contributed by atoms with E-state index in [4.69, 9.17) is 19.7 Å². The molecule has 6 rings (SSSR count). The average Bonchev–Trinajstić information content (AvgIpc) is 3.64. The molecule has 8 heteroatoms. The number of aromatic nitrogens is 4. The fraction of sp³-hybridized carbons (Fsp3) is 0.433. The molecule has 0 radical (unpaired) electrons. The SMILES string of the molecule is COc1ccccc1-c1ccc(CNc2nc(NC3CCC(O)CC3)nc3c2ncn3C2CCCC2)cc1. The van der Waals surface area contributed by atoms with Crippen LogP contribution in [-0.2, 0) is 6.54 Å². The maximum absolute atomic E-state index is 9.91. The molecule has 38 heavy (non-hydrogen) atoms. The first-order valence-electron chi connectivity index (χ1n) is 13.8. The van der Waals surface area contributed by atoms with Gasteiger partial charge in [-0.05, 0) is 55.7 Å². The van der Waals surface area contributed by atoms with E-state index in [0.29, 0.717) is 18.5 Å². The van der Waals surface area contributed by atoms with Crippen LogP contribution in [0.3, 0.4) is 0 Å². The molecule has 3 N–H and O–H groups in total. The number of aliphatic hydroxyl groups is 1. The van der Waals surface area contributed by atoms with Crippen LogP contribution in [0.1, 0.15) is 63.0 Å². The second-order valence-electron chi connectivity index (χ2n) is 10.6. The molecule has 0 spiro atoms. The van der Waals surface area contributed by atoms with Crippen LogP contribution >= 0.6 is 0 Å². The predicted molar refractivity (Wildman–Crippen MR) is 150 cm³/mol. The van der Waals surface area contributed by atoms with E-state index < -0.39 is 0 Å². The smallest absolute Gasteiger partial charge is 0.227 e. The van der Waals surface area contributed by atoms with E-state index in [1.54, 1.807) is 7.11 Å². The summed E-state index contributed by atoms with van der Waals surface area (Å²) in [5.74, 6) is 2.25. The number of hydrogen-bond donors (Lipinski definition) is 3.